The highest BCUT2D eigenvalue weighted by Gasteiger charge is 2.21. The maximum atomic E-state index is 5.99. The van der Waals surface area contributed by atoms with Gasteiger partial charge in [-0.1, -0.05) is 6.07 Å². The van der Waals surface area contributed by atoms with Gasteiger partial charge in [-0.05, 0) is 17.7 Å². The van der Waals surface area contributed by atoms with Crippen LogP contribution < -0.4 is 25.8 Å². The maximum Gasteiger partial charge on any atom is 0.231 e. The summed E-state index contributed by atoms with van der Waals surface area (Å²) < 4.78 is 10.8. The van der Waals surface area contributed by atoms with Crippen LogP contribution in [0.4, 0.5) is 17.3 Å². The Morgan fingerprint density at radius 1 is 1.00 bits per heavy atom. The summed E-state index contributed by atoms with van der Waals surface area (Å²) in [5.41, 5.74) is 13.4. The minimum Gasteiger partial charge on any atom is -0.454 e. The number of ether oxygens (including phenoxy) is 2. The minimum absolute atomic E-state index is 0.306. The van der Waals surface area contributed by atoms with Crippen molar-refractivity contribution in [2.45, 2.75) is 6.54 Å². The second-order valence-electron chi connectivity index (χ2n) is 5.95. The van der Waals surface area contributed by atoms with Gasteiger partial charge in [-0.15, -0.1) is 0 Å². The van der Waals surface area contributed by atoms with Crippen molar-refractivity contribution >= 4 is 17.3 Å². The smallest absolute Gasteiger partial charge is 0.231 e. The first-order chi connectivity index (χ1) is 11.7. The zero-order chi connectivity index (χ0) is 16.5. The van der Waals surface area contributed by atoms with Crippen molar-refractivity contribution in [2.24, 2.45) is 0 Å². The molecule has 1 aromatic carbocycles. The van der Waals surface area contributed by atoms with E-state index in [0.717, 1.165) is 50.0 Å². The van der Waals surface area contributed by atoms with Crippen LogP contribution in [0.25, 0.3) is 0 Å². The Balaban J connectivity index is 1.39. The average molecular weight is 328 g/mol. The SMILES string of the molecule is Nc1ncnc(N2CCN(Cc3ccc4c(c3)OCO4)CC2)c1N. The molecule has 0 unspecified atom stereocenters. The predicted octanol–water partition coefficient (Wildman–Crippen LogP) is 0.692. The molecule has 1 saturated heterocycles. The van der Waals surface area contributed by atoms with E-state index >= 15 is 0 Å². The van der Waals surface area contributed by atoms with E-state index in [-0.39, 0.29) is 0 Å². The van der Waals surface area contributed by atoms with Crippen LogP contribution in [0.15, 0.2) is 24.5 Å². The van der Waals surface area contributed by atoms with Gasteiger partial charge in [-0.2, -0.15) is 0 Å². The third-order valence-electron chi connectivity index (χ3n) is 4.41. The third kappa shape index (κ3) is 2.76. The Morgan fingerprint density at radius 3 is 2.62 bits per heavy atom. The van der Waals surface area contributed by atoms with Crippen molar-refractivity contribution in [3.05, 3.63) is 30.1 Å². The molecule has 126 valence electrons. The summed E-state index contributed by atoms with van der Waals surface area (Å²) in [6.07, 6.45) is 1.46. The van der Waals surface area contributed by atoms with Gasteiger partial charge in [0.1, 0.15) is 12.0 Å². The van der Waals surface area contributed by atoms with Crippen LogP contribution in [0.5, 0.6) is 11.5 Å². The normalized spacial score (nSPS) is 17.2. The summed E-state index contributed by atoms with van der Waals surface area (Å²) in [6, 6.07) is 6.11. The molecule has 2 aliphatic rings. The average Bonchev–Trinajstić information content (AvgIpc) is 3.06. The van der Waals surface area contributed by atoms with E-state index in [9.17, 15) is 0 Å². The topological polar surface area (TPSA) is 103 Å². The number of rotatable bonds is 3. The first-order valence-corrected chi connectivity index (χ1v) is 7.92. The lowest BCUT2D eigenvalue weighted by Crippen LogP contribution is -2.46. The Bertz CT molecular complexity index is 745. The van der Waals surface area contributed by atoms with Gasteiger partial charge in [0.2, 0.25) is 6.79 Å². The Kier molecular flexibility index (Phi) is 3.73. The van der Waals surface area contributed by atoms with Crippen LogP contribution in [0.3, 0.4) is 0 Å². The van der Waals surface area contributed by atoms with Crippen LogP contribution >= 0.6 is 0 Å². The molecule has 3 heterocycles. The molecule has 4 rings (SSSR count). The van der Waals surface area contributed by atoms with Gasteiger partial charge in [0.15, 0.2) is 23.1 Å². The van der Waals surface area contributed by atoms with Crippen LogP contribution in [-0.2, 0) is 6.54 Å². The number of hydrogen-bond acceptors (Lipinski definition) is 8. The quantitative estimate of drug-likeness (QED) is 0.848. The fourth-order valence-electron chi connectivity index (χ4n) is 3.07. The van der Waals surface area contributed by atoms with Crippen LogP contribution in [0, 0.1) is 0 Å². The molecule has 8 nitrogen and oxygen atoms in total. The van der Waals surface area contributed by atoms with E-state index in [4.69, 9.17) is 20.9 Å². The number of piperazine rings is 1. The van der Waals surface area contributed by atoms with E-state index in [1.807, 2.05) is 6.07 Å². The van der Waals surface area contributed by atoms with Crippen molar-refractivity contribution in [3.8, 4) is 11.5 Å². The van der Waals surface area contributed by atoms with E-state index in [2.05, 4.69) is 31.9 Å². The minimum atomic E-state index is 0.306. The fourth-order valence-corrected chi connectivity index (χ4v) is 3.07. The molecule has 0 saturated carbocycles. The zero-order valence-electron chi connectivity index (χ0n) is 13.3. The lowest BCUT2D eigenvalue weighted by Gasteiger charge is -2.35. The summed E-state index contributed by atoms with van der Waals surface area (Å²) >= 11 is 0. The second kappa shape index (κ2) is 6.04. The van der Waals surface area contributed by atoms with Gasteiger partial charge in [-0.25, -0.2) is 9.97 Å². The predicted molar refractivity (Wildman–Crippen MR) is 90.9 cm³/mol. The summed E-state index contributed by atoms with van der Waals surface area (Å²) in [5, 5.41) is 0. The second-order valence-corrected chi connectivity index (χ2v) is 5.95. The largest absolute Gasteiger partial charge is 0.454 e. The van der Waals surface area contributed by atoms with Crippen molar-refractivity contribution in [2.75, 3.05) is 49.3 Å². The molecule has 4 N–H and O–H groups in total. The Hall–Kier alpha value is -2.74. The summed E-state index contributed by atoms with van der Waals surface area (Å²) in [5.74, 6) is 2.71. The summed E-state index contributed by atoms with van der Waals surface area (Å²) in [4.78, 5) is 12.7. The molecule has 0 spiro atoms. The number of benzene rings is 1. The number of nitrogens with zero attached hydrogens (tertiary/aromatic N) is 4. The highest BCUT2D eigenvalue weighted by Crippen LogP contribution is 2.33. The van der Waals surface area contributed by atoms with Gasteiger partial charge >= 0.3 is 0 Å². The van der Waals surface area contributed by atoms with Crippen molar-refractivity contribution in [1.82, 2.24) is 14.9 Å². The van der Waals surface area contributed by atoms with E-state index < -0.39 is 0 Å². The van der Waals surface area contributed by atoms with Crippen molar-refractivity contribution in [3.63, 3.8) is 0 Å². The number of nitrogen functional groups attached to an aromatic ring is 2. The number of anilines is 3. The maximum absolute atomic E-state index is 5.99. The van der Waals surface area contributed by atoms with Crippen LogP contribution in [-0.4, -0.2) is 47.8 Å². The number of fused-ring (bicyclic) bond motifs is 1. The number of nitrogens with two attached hydrogens (primary N) is 2. The van der Waals surface area contributed by atoms with Crippen LogP contribution in [0.2, 0.25) is 0 Å². The molecule has 0 radical (unpaired) electrons. The van der Waals surface area contributed by atoms with Gasteiger partial charge in [-0.3, -0.25) is 4.90 Å². The van der Waals surface area contributed by atoms with E-state index in [1.54, 1.807) is 0 Å². The molecule has 1 fully saturated rings. The molecule has 2 aliphatic heterocycles. The third-order valence-corrected chi connectivity index (χ3v) is 4.41. The highest BCUT2D eigenvalue weighted by molar-refractivity contribution is 5.73. The lowest BCUT2D eigenvalue weighted by molar-refractivity contribution is 0.174. The van der Waals surface area contributed by atoms with Crippen LogP contribution in [0.1, 0.15) is 5.56 Å². The van der Waals surface area contributed by atoms with Crippen molar-refractivity contribution < 1.29 is 9.47 Å². The summed E-state index contributed by atoms with van der Waals surface area (Å²) in [7, 11) is 0. The lowest BCUT2D eigenvalue weighted by atomic mass is 10.1. The fraction of sp³-hybridized carbons (Fsp3) is 0.375. The molecule has 0 bridgehead atoms. The Labute approximate surface area is 140 Å². The number of hydrogen-bond donors (Lipinski definition) is 2. The standard InChI is InChI=1S/C16H20N6O2/c17-14-15(18)19-9-20-16(14)22-5-3-21(4-6-22)8-11-1-2-12-13(7-11)24-10-23-12/h1-2,7,9H,3-6,8,10,17H2,(H2,18,19,20). The molecule has 1 aromatic heterocycles. The van der Waals surface area contributed by atoms with Gasteiger partial charge in [0.25, 0.3) is 0 Å². The Morgan fingerprint density at radius 2 is 1.79 bits per heavy atom. The molecule has 8 heteroatoms. The van der Waals surface area contributed by atoms with Crippen molar-refractivity contribution in [1.29, 1.82) is 0 Å². The molecular formula is C16H20N6O2. The molecule has 2 aromatic rings. The monoisotopic (exact) mass is 328 g/mol. The van der Waals surface area contributed by atoms with E-state index in [1.165, 1.54) is 11.9 Å². The first-order valence-electron chi connectivity index (χ1n) is 7.92. The molecule has 0 amide bonds. The van der Waals surface area contributed by atoms with E-state index in [0.29, 0.717) is 18.3 Å². The first kappa shape index (κ1) is 14.8. The molecular weight excluding hydrogens is 308 g/mol. The molecule has 0 aliphatic carbocycles. The molecule has 0 atom stereocenters. The zero-order valence-corrected chi connectivity index (χ0v) is 13.3. The number of aromatic nitrogens is 2. The molecule has 24 heavy (non-hydrogen) atoms. The van der Waals surface area contributed by atoms with Gasteiger partial charge in [0, 0.05) is 32.7 Å². The van der Waals surface area contributed by atoms with Gasteiger partial charge < -0.3 is 25.8 Å². The van der Waals surface area contributed by atoms with Gasteiger partial charge in [0.05, 0.1) is 0 Å². The summed E-state index contributed by atoms with van der Waals surface area (Å²) in [6.45, 7) is 4.75. The highest BCUT2D eigenvalue weighted by atomic mass is 16.7.